The number of phenolic OH excluding ortho intramolecular Hbond substituents is 2. The van der Waals surface area contributed by atoms with E-state index < -0.39 is 35.7 Å². The van der Waals surface area contributed by atoms with Gasteiger partial charge in [0.05, 0.1) is 0 Å². The summed E-state index contributed by atoms with van der Waals surface area (Å²) >= 11 is 0. The Labute approximate surface area is 229 Å². The summed E-state index contributed by atoms with van der Waals surface area (Å²) in [6.45, 7) is 0. The molecular weight excluding hydrogens is 537 g/mol. The lowest BCUT2D eigenvalue weighted by molar-refractivity contribution is -0.284. The largest absolute Gasteiger partial charge is 0.508 e. The zero-order valence-electron chi connectivity index (χ0n) is 22.0. The molecule has 0 aliphatic heterocycles. The first-order valence-corrected chi connectivity index (χ1v) is 14.8. The number of unbranched alkanes of at least 4 members (excludes halogenated alkanes) is 6. The molecule has 0 bridgehead atoms. The van der Waals surface area contributed by atoms with Crippen LogP contribution < -0.4 is 0 Å². The molecule has 2 aromatic carbocycles. The lowest BCUT2D eigenvalue weighted by Crippen LogP contribution is -2.36. The number of nitrogens with one attached hydrogen (secondary N) is 1. The molecule has 0 aliphatic rings. The van der Waals surface area contributed by atoms with Crippen molar-refractivity contribution in [3.8, 4) is 11.5 Å². The van der Waals surface area contributed by atoms with E-state index in [-0.39, 0.29) is 23.2 Å². The third-order valence-electron chi connectivity index (χ3n) is 6.69. The molecule has 2 unspecified atom stereocenters. The van der Waals surface area contributed by atoms with Crippen LogP contribution in [0.1, 0.15) is 81.3 Å². The molecule has 0 radical (unpaired) electrons. The fourth-order valence-corrected chi connectivity index (χ4v) is 5.55. The second-order valence-corrected chi connectivity index (χ2v) is 11.6. The minimum Gasteiger partial charge on any atom is -0.508 e. The lowest BCUT2D eigenvalue weighted by Gasteiger charge is -2.19. The second-order valence-electron chi connectivity index (χ2n) is 9.92. The van der Waals surface area contributed by atoms with Crippen LogP contribution in [0.4, 0.5) is 22.0 Å². The van der Waals surface area contributed by atoms with E-state index in [1.54, 1.807) is 24.3 Å². The van der Waals surface area contributed by atoms with E-state index in [2.05, 4.69) is 0 Å². The second kappa shape index (κ2) is 15.9. The van der Waals surface area contributed by atoms with Crippen molar-refractivity contribution in [2.75, 3.05) is 11.5 Å². The Morgan fingerprint density at radius 1 is 0.744 bits per heavy atom. The summed E-state index contributed by atoms with van der Waals surface area (Å²) < 4.78 is 74.1. The van der Waals surface area contributed by atoms with E-state index in [1.807, 2.05) is 24.3 Å². The van der Waals surface area contributed by atoms with E-state index >= 15 is 0 Å². The van der Waals surface area contributed by atoms with Gasteiger partial charge in [-0.25, -0.2) is 0 Å². The molecule has 39 heavy (non-hydrogen) atoms. The standard InChI is InChI=1S/C29H38F5NO3S/c30-28(31,29(32,33)34)18-8-20-39(38)19-7-5-3-1-2-4-6-9-27(35)26(23-12-16-25(37)17-13-23)21-22-10-14-24(36)15-11-22/h10-17,26,35-37H,1-9,18-21H2. The van der Waals surface area contributed by atoms with Gasteiger partial charge in [-0.05, 0) is 67.5 Å². The molecule has 0 saturated heterocycles. The van der Waals surface area contributed by atoms with Gasteiger partial charge < -0.3 is 15.6 Å². The van der Waals surface area contributed by atoms with Crippen molar-refractivity contribution >= 4 is 16.5 Å². The number of phenols is 2. The van der Waals surface area contributed by atoms with E-state index in [0.29, 0.717) is 30.7 Å². The summed E-state index contributed by atoms with van der Waals surface area (Å²) in [5.74, 6) is -4.32. The molecule has 0 spiro atoms. The summed E-state index contributed by atoms with van der Waals surface area (Å²) in [5, 5.41) is 27.9. The molecule has 2 rings (SSSR count). The van der Waals surface area contributed by atoms with Gasteiger partial charge >= 0.3 is 12.1 Å². The maximum atomic E-state index is 12.9. The molecular formula is C29H38F5NO3S. The number of aromatic hydroxyl groups is 2. The van der Waals surface area contributed by atoms with Crippen LogP contribution in [0.25, 0.3) is 0 Å². The van der Waals surface area contributed by atoms with Gasteiger partial charge in [-0.1, -0.05) is 56.4 Å². The van der Waals surface area contributed by atoms with Gasteiger partial charge in [0.2, 0.25) is 0 Å². The number of hydrogen-bond acceptors (Lipinski definition) is 4. The minimum absolute atomic E-state index is 0.129. The fraction of sp³-hybridized carbons (Fsp3) is 0.552. The molecule has 0 saturated carbocycles. The highest BCUT2D eigenvalue weighted by atomic mass is 32.2. The Bertz CT molecular complexity index is 1030. The highest BCUT2D eigenvalue weighted by Gasteiger charge is 2.56. The molecule has 2 atom stereocenters. The van der Waals surface area contributed by atoms with Crippen LogP contribution in [-0.4, -0.2) is 43.7 Å². The molecule has 3 N–H and O–H groups in total. The van der Waals surface area contributed by atoms with Crippen LogP contribution in [0.5, 0.6) is 11.5 Å². The topological polar surface area (TPSA) is 81.4 Å². The van der Waals surface area contributed by atoms with Gasteiger partial charge in [-0.2, -0.15) is 22.0 Å². The first kappa shape index (κ1) is 32.7. The predicted octanol–water partition coefficient (Wildman–Crippen LogP) is 8.29. The number of rotatable bonds is 18. The van der Waals surface area contributed by atoms with Crippen molar-refractivity contribution in [1.82, 2.24) is 0 Å². The Morgan fingerprint density at radius 3 is 1.79 bits per heavy atom. The zero-order valence-corrected chi connectivity index (χ0v) is 22.8. The molecule has 4 nitrogen and oxygen atoms in total. The Kier molecular flexibility index (Phi) is 13.4. The zero-order chi connectivity index (χ0) is 28.9. The van der Waals surface area contributed by atoms with Gasteiger partial charge in [0, 0.05) is 40.4 Å². The molecule has 218 valence electrons. The van der Waals surface area contributed by atoms with Crippen LogP contribution in [0.2, 0.25) is 0 Å². The lowest BCUT2D eigenvalue weighted by atomic mass is 9.85. The normalized spacial score (nSPS) is 13.8. The molecule has 0 fully saturated rings. The molecule has 0 aliphatic carbocycles. The third kappa shape index (κ3) is 12.1. The van der Waals surface area contributed by atoms with E-state index in [4.69, 9.17) is 5.41 Å². The number of benzene rings is 2. The van der Waals surface area contributed by atoms with E-state index in [0.717, 1.165) is 49.7 Å². The van der Waals surface area contributed by atoms with Crippen molar-refractivity contribution in [2.45, 2.75) is 88.6 Å². The van der Waals surface area contributed by atoms with Gasteiger partial charge in [-0.15, -0.1) is 0 Å². The fourth-order valence-electron chi connectivity index (χ4n) is 4.35. The summed E-state index contributed by atoms with van der Waals surface area (Å²) in [6.07, 6.45) is 0.175. The Morgan fingerprint density at radius 2 is 1.23 bits per heavy atom. The summed E-state index contributed by atoms with van der Waals surface area (Å²) in [6, 6.07) is 13.9. The Balaban J connectivity index is 1.62. The quantitative estimate of drug-likeness (QED) is 0.0950. The van der Waals surface area contributed by atoms with Crippen molar-refractivity contribution in [3.63, 3.8) is 0 Å². The average molecular weight is 576 g/mol. The first-order valence-electron chi connectivity index (χ1n) is 13.3. The van der Waals surface area contributed by atoms with Crippen LogP contribution in [-0.2, 0) is 17.2 Å². The van der Waals surface area contributed by atoms with Crippen molar-refractivity contribution in [2.24, 2.45) is 0 Å². The third-order valence-corrected chi connectivity index (χ3v) is 8.18. The maximum absolute atomic E-state index is 12.9. The minimum atomic E-state index is -5.56. The maximum Gasteiger partial charge on any atom is 0.453 e. The summed E-state index contributed by atoms with van der Waals surface area (Å²) in [4.78, 5) is 0. The van der Waals surface area contributed by atoms with Crippen molar-refractivity contribution < 1.29 is 36.4 Å². The highest BCUT2D eigenvalue weighted by molar-refractivity contribution is 7.84. The smallest absolute Gasteiger partial charge is 0.453 e. The van der Waals surface area contributed by atoms with Crippen LogP contribution in [0.3, 0.4) is 0 Å². The summed E-state index contributed by atoms with van der Waals surface area (Å²) in [7, 11) is -1.39. The van der Waals surface area contributed by atoms with Gasteiger partial charge in [0.15, 0.2) is 0 Å². The Hall–Kier alpha value is -2.49. The predicted molar refractivity (Wildman–Crippen MR) is 145 cm³/mol. The highest BCUT2D eigenvalue weighted by Crippen LogP contribution is 2.38. The molecule has 0 aromatic heterocycles. The van der Waals surface area contributed by atoms with Crippen molar-refractivity contribution in [1.29, 1.82) is 5.41 Å². The molecule has 10 heteroatoms. The molecule has 0 amide bonds. The molecule has 2 aromatic rings. The van der Waals surface area contributed by atoms with Gasteiger partial charge in [-0.3, -0.25) is 4.21 Å². The van der Waals surface area contributed by atoms with Gasteiger partial charge in [0.25, 0.3) is 0 Å². The average Bonchev–Trinajstić information content (AvgIpc) is 2.87. The van der Waals surface area contributed by atoms with Crippen LogP contribution in [0, 0.1) is 5.41 Å². The van der Waals surface area contributed by atoms with E-state index in [1.165, 1.54) is 0 Å². The van der Waals surface area contributed by atoms with Gasteiger partial charge in [0.1, 0.15) is 11.5 Å². The summed E-state index contributed by atoms with van der Waals surface area (Å²) in [5.41, 5.74) is 2.58. The first-order chi connectivity index (χ1) is 18.4. The monoisotopic (exact) mass is 575 g/mol. The van der Waals surface area contributed by atoms with E-state index in [9.17, 15) is 36.4 Å². The SMILES string of the molecule is N=C(CCCCCCCCCS(=O)CCCC(F)(F)C(F)(F)F)C(Cc1ccc(O)cc1)c1ccc(O)cc1. The van der Waals surface area contributed by atoms with Crippen LogP contribution >= 0.6 is 0 Å². The van der Waals surface area contributed by atoms with Crippen molar-refractivity contribution in [3.05, 3.63) is 59.7 Å². The number of halogens is 5. The number of hydrogen-bond donors (Lipinski definition) is 3. The van der Waals surface area contributed by atoms with Crippen LogP contribution in [0.15, 0.2) is 48.5 Å². The molecule has 0 heterocycles. The number of alkyl halides is 5.